The lowest BCUT2D eigenvalue weighted by atomic mass is 9.86. The Morgan fingerprint density at radius 3 is 2.57 bits per heavy atom. The minimum absolute atomic E-state index is 0.0260. The molecule has 2 N–H and O–H groups in total. The van der Waals surface area contributed by atoms with Crippen molar-refractivity contribution >= 4 is 12.1 Å². The number of benzene rings is 2. The molecular weight excluding hydrogens is 450 g/mol. The van der Waals surface area contributed by atoms with Crippen molar-refractivity contribution in [2.45, 2.75) is 31.6 Å². The zero-order chi connectivity index (χ0) is 24.2. The molecule has 3 aromatic rings. The first-order chi connectivity index (χ1) is 17.0. The van der Waals surface area contributed by atoms with E-state index in [0.29, 0.717) is 11.7 Å². The highest BCUT2D eigenvalue weighted by Crippen LogP contribution is 2.30. The van der Waals surface area contributed by atoms with Crippen LogP contribution in [-0.4, -0.2) is 52.8 Å². The lowest BCUT2D eigenvalue weighted by molar-refractivity contribution is -0.0336. The van der Waals surface area contributed by atoms with Gasteiger partial charge in [0, 0.05) is 6.54 Å². The fourth-order valence-corrected chi connectivity index (χ4v) is 4.74. The topological polar surface area (TPSA) is 114 Å². The van der Waals surface area contributed by atoms with Gasteiger partial charge in [0.25, 0.3) is 0 Å². The predicted octanol–water partition coefficient (Wildman–Crippen LogP) is 3.86. The van der Waals surface area contributed by atoms with Crippen LogP contribution in [0.25, 0.3) is 0 Å². The second-order valence-corrected chi connectivity index (χ2v) is 8.86. The number of carbonyl (C=O) groups is 2. The highest BCUT2D eigenvalue weighted by Gasteiger charge is 2.36. The second kappa shape index (κ2) is 10.2. The lowest BCUT2D eigenvalue weighted by Gasteiger charge is -2.43. The molecule has 9 heteroatoms. The maximum absolute atomic E-state index is 12.9. The lowest BCUT2D eigenvalue weighted by Crippen LogP contribution is -2.52. The van der Waals surface area contributed by atoms with Crippen LogP contribution in [0.15, 0.2) is 65.3 Å². The molecule has 3 aliphatic heterocycles. The average Bonchev–Trinajstić information content (AvgIpc) is 3.37. The molecular formula is C26H27N3O6. The number of carboxylic acid groups (broad SMARTS) is 1. The molecule has 4 heterocycles. The molecule has 6 rings (SSSR count). The van der Waals surface area contributed by atoms with E-state index >= 15 is 0 Å². The zero-order valence-electron chi connectivity index (χ0n) is 19.1. The minimum Gasteiger partial charge on any atom is -0.484 e. The van der Waals surface area contributed by atoms with Crippen molar-refractivity contribution in [1.82, 2.24) is 15.2 Å². The van der Waals surface area contributed by atoms with Gasteiger partial charge in [-0.2, -0.15) is 0 Å². The van der Waals surface area contributed by atoms with Crippen LogP contribution in [0.3, 0.4) is 0 Å². The number of nitrogens with one attached hydrogen (secondary N) is 1. The fourth-order valence-electron chi connectivity index (χ4n) is 4.74. The van der Waals surface area contributed by atoms with Gasteiger partial charge in [-0.3, -0.25) is 4.90 Å². The summed E-state index contributed by atoms with van der Waals surface area (Å²) in [5.41, 5.74) is 1.56. The Balaban J connectivity index is 1.29. The van der Waals surface area contributed by atoms with Gasteiger partial charge in [-0.25, -0.2) is 14.6 Å². The molecule has 0 spiro atoms. The summed E-state index contributed by atoms with van der Waals surface area (Å²) in [7, 11) is 0. The largest absolute Gasteiger partial charge is 0.484 e. The average molecular weight is 478 g/mol. The molecule has 1 amide bonds. The first-order valence-electron chi connectivity index (χ1n) is 11.7. The minimum atomic E-state index is -1.16. The molecule has 3 aliphatic rings. The van der Waals surface area contributed by atoms with Gasteiger partial charge in [0.1, 0.15) is 18.1 Å². The molecule has 2 unspecified atom stereocenters. The normalized spacial score (nSPS) is 21.8. The maximum atomic E-state index is 12.9. The Hall–Kier alpha value is -3.85. The molecule has 35 heavy (non-hydrogen) atoms. The monoisotopic (exact) mass is 477 g/mol. The molecule has 0 saturated carbocycles. The highest BCUT2D eigenvalue weighted by molar-refractivity contribution is 5.84. The molecule has 9 nitrogen and oxygen atoms in total. The van der Waals surface area contributed by atoms with Crippen LogP contribution in [0.1, 0.15) is 46.4 Å². The Morgan fingerprint density at radius 2 is 1.89 bits per heavy atom. The van der Waals surface area contributed by atoms with Gasteiger partial charge in [0.15, 0.2) is 12.3 Å². The number of hydrogen-bond acceptors (Lipinski definition) is 7. The summed E-state index contributed by atoms with van der Waals surface area (Å²) >= 11 is 0. The third-order valence-corrected chi connectivity index (χ3v) is 6.57. The first kappa shape index (κ1) is 22.9. The molecule has 2 aromatic carbocycles. The van der Waals surface area contributed by atoms with E-state index in [2.05, 4.69) is 15.2 Å². The maximum Gasteiger partial charge on any atom is 0.408 e. The number of rotatable bonds is 8. The molecule has 2 atom stereocenters. The number of hydrogen-bond donors (Lipinski definition) is 2. The molecule has 3 fully saturated rings. The van der Waals surface area contributed by atoms with E-state index in [1.165, 1.54) is 0 Å². The number of fused-ring (bicyclic) bond motifs is 3. The van der Waals surface area contributed by atoms with Crippen molar-refractivity contribution in [1.29, 1.82) is 0 Å². The standard InChI is InChI=1S/C26H27N3O6/c30-25(31)21-15-34-23(27-21)16-33-20-8-4-7-19(13-20)24(18-5-2-1-3-6-18)28-26(32)35-22-14-29-11-9-17(22)10-12-29/h1-8,13,15,17,22,24H,9-12,14,16H2,(H,28,32)(H,30,31). The van der Waals surface area contributed by atoms with E-state index in [4.69, 9.17) is 19.0 Å². The van der Waals surface area contributed by atoms with E-state index < -0.39 is 18.1 Å². The fraction of sp³-hybridized carbons (Fsp3) is 0.346. The number of carbonyl (C=O) groups excluding carboxylic acids is 1. The molecule has 182 valence electrons. The first-order valence-corrected chi connectivity index (χ1v) is 11.7. The van der Waals surface area contributed by atoms with Crippen LogP contribution in [-0.2, 0) is 11.3 Å². The van der Waals surface area contributed by atoms with Crippen molar-refractivity contribution in [2.24, 2.45) is 5.92 Å². The zero-order valence-corrected chi connectivity index (χ0v) is 19.1. The number of alkyl carbamates (subject to hydrolysis) is 1. The van der Waals surface area contributed by atoms with Crippen LogP contribution >= 0.6 is 0 Å². The highest BCUT2D eigenvalue weighted by atomic mass is 16.6. The summed E-state index contributed by atoms with van der Waals surface area (Å²) in [6.45, 7) is 2.93. The summed E-state index contributed by atoms with van der Waals surface area (Å²) in [5, 5.41) is 12.0. The second-order valence-electron chi connectivity index (χ2n) is 8.86. The van der Waals surface area contributed by atoms with Crippen LogP contribution in [0.4, 0.5) is 4.79 Å². The van der Waals surface area contributed by atoms with Gasteiger partial charge in [-0.1, -0.05) is 42.5 Å². The Bertz CT molecular complexity index is 1170. The van der Waals surface area contributed by atoms with Crippen molar-refractivity contribution in [2.75, 3.05) is 19.6 Å². The summed E-state index contributed by atoms with van der Waals surface area (Å²) < 4.78 is 16.8. The molecule has 1 aromatic heterocycles. The number of aromatic carboxylic acids is 1. The Morgan fingerprint density at radius 1 is 1.11 bits per heavy atom. The van der Waals surface area contributed by atoms with Gasteiger partial charge >= 0.3 is 12.1 Å². The van der Waals surface area contributed by atoms with E-state index in [1.54, 1.807) is 6.07 Å². The molecule has 0 aliphatic carbocycles. The van der Waals surface area contributed by atoms with E-state index in [1.807, 2.05) is 48.5 Å². The number of piperidine rings is 3. The summed E-state index contributed by atoms with van der Waals surface area (Å²) in [4.78, 5) is 30.2. The van der Waals surface area contributed by atoms with Crippen LogP contribution in [0, 0.1) is 5.92 Å². The number of amides is 1. The van der Waals surface area contributed by atoms with Crippen molar-refractivity contribution < 1.29 is 28.6 Å². The summed E-state index contributed by atoms with van der Waals surface area (Å²) in [6.07, 6.45) is 2.69. The number of aromatic nitrogens is 1. The number of ether oxygens (including phenoxy) is 2. The van der Waals surface area contributed by atoms with Crippen molar-refractivity contribution in [3.8, 4) is 5.75 Å². The third kappa shape index (κ3) is 5.46. The van der Waals surface area contributed by atoms with E-state index in [-0.39, 0.29) is 24.3 Å². The predicted molar refractivity (Wildman–Crippen MR) is 125 cm³/mol. The quantitative estimate of drug-likeness (QED) is 0.503. The van der Waals surface area contributed by atoms with Gasteiger partial charge in [0.2, 0.25) is 5.89 Å². The summed E-state index contributed by atoms with van der Waals surface area (Å²) in [5.74, 6) is -0.0453. The van der Waals surface area contributed by atoms with Crippen molar-refractivity contribution in [3.05, 3.63) is 83.6 Å². The number of carboxylic acids is 1. The van der Waals surface area contributed by atoms with Crippen LogP contribution in [0.5, 0.6) is 5.75 Å². The molecule has 3 saturated heterocycles. The van der Waals surface area contributed by atoms with Gasteiger partial charge < -0.3 is 24.3 Å². The molecule has 2 bridgehead atoms. The van der Waals surface area contributed by atoms with Gasteiger partial charge in [-0.15, -0.1) is 0 Å². The Labute approximate surface area is 202 Å². The van der Waals surface area contributed by atoms with E-state index in [0.717, 1.165) is 49.9 Å². The Kier molecular flexibility index (Phi) is 6.67. The number of oxazole rings is 1. The van der Waals surface area contributed by atoms with Crippen molar-refractivity contribution in [3.63, 3.8) is 0 Å². The molecule has 0 radical (unpaired) electrons. The van der Waals surface area contributed by atoms with Gasteiger partial charge in [-0.05, 0) is 55.1 Å². The third-order valence-electron chi connectivity index (χ3n) is 6.57. The van der Waals surface area contributed by atoms with Crippen LogP contribution in [0.2, 0.25) is 0 Å². The van der Waals surface area contributed by atoms with Crippen LogP contribution < -0.4 is 10.1 Å². The SMILES string of the molecule is O=C(NC(c1ccccc1)c1cccc(OCc2nc(C(=O)O)co2)c1)OC1CN2CCC1CC2. The summed E-state index contributed by atoms with van der Waals surface area (Å²) in [6, 6.07) is 16.6. The van der Waals surface area contributed by atoms with Gasteiger partial charge in [0.05, 0.1) is 6.04 Å². The number of nitrogens with zero attached hydrogens (tertiary/aromatic N) is 2. The van der Waals surface area contributed by atoms with E-state index in [9.17, 15) is 9.59 Å². The smallest absolute Gasteiger partial charge is 0.408 e.